The Hall–Kier alpha value is -1.62. The summed E-state index contributed by atoms with van der Waals surface area (Å²) in [6.07, 6.45) is 4.54. The van der Waals surface area contributed by atoms with Crippen molar-refractivity contribution in [3.8, 4) is 5.75 Å². The van der Waals surface area contributed by atoms with Gasteiger partial charge in [-0.2, -0.15) is 0 Å². The minimum absolute atomic E-state index is 0.0251. The number of amides is 1. The first-order valence-electron chi connectivity index (χ1n) is 6.47. The molecule has 1 aliphatic rings. The van der Waals surface area contributed by atoms with Gasteiger partial charge >= 0.3 is 0 Å². The van der Waals surface area contributed by atoms with E-state index in [4.69, 9.17) is 22.7 Å². The number of carbonyl (C=O) groups excluding carboxylic acids is 1. The lowest BCUT2D eigenvalue weighted by Gasteiger charge is -2.12. The average molecular weight is 278 g/mol. The summed E-state index contributed by atoms with van der Waals surface area (Å²) in [6, 6.07) is 7.46. The summed E-state index contributed by atoms with van der Waals surface area (Å²) in [4.78, 5) is 12.0. The van der Waals surface area contributed by atoms with Gasteiger partial charge in [0.05, 0.1) is 0 Å². The van der Waals surface area contributed by atoms with Crippen molar-refractivity contribution >= 4 is 23.1 Å². The fraction of sp³-hybridized carbons (Fsp3) is 0.429. The maximum absolute atomic E-state index is 11.7. The highest BCUT2D eigenvalue weighted by atomic mass is 32.1. The zero-order chi connectivity index (χ0) is 13.7. The minimum Gasteiger partial charge on any atom is -0.484 e. The van der Waals surface area contributed by atoms with Crippen molar-refractivity contribution in [2.45, 2.75) is 31.7 Å². The van der Waals surface area contributed by atoms with E-state index >= 15 is 0 Å². The van der Waals surface area contributed by atoms with E-state index < -0.39 is 0 Å². The zero-order valence-electron chi connectivity index (χ0n) is 10.7. The Labute approximate surface area is 118 Å². The number of hydrogen-bond acceptors (Lipinski definition) is 3. The van der Waals surface area contributed by atoms with Gasteiger partial charge in [0.2, 0.25) is 0 Å². The fourth-order valence-corrected chi connectivity index (χ4v) is 2.35. The second-order valence-electron chi connectivity index (χ2n) is 4.73. The van der Waals surface area contributed by atoms with Gasteiger partial charge in [0, 0.05) is 11.6 Å². The number of benzene rings is 1. The molecule has 0 aromatic heterocycles. The molecular formula is C14H18N2O2S. The van der Waals surface area contributed by atoms with Crippen LogP contribution in [0.1, 0.15) is 31.2 Å². The van der Waals surface area contributed by atoms with Crippen LogP contribution in [0.4, 0.5) is 0 Å². The second-order valence-corrected chi connectivity index (χ2v) is 5.17. The van der Waals surface area contributed by atoms with E-state index in [1.807, 2.05) is 6.07 Å². The van der Waals surface area contributed by atoms with Crippen molar-refractivity contribution in [3.63, 3.8) is 0 Å². The van der Waals surface area contributed by atoms with Crippen LogP contribution in [0.15, 0.2) is 24.3 Å². The third-order valence-corrected chi connectivity index (χ3v) is 3.44. The molecule has 0 bridgehead atoms. The van der Waals surface area contributed by atoms with Crippen LogP contribution in [0.25, 0.3) is 0 Å². The first-order valence-corrected chi connectivity index (χ1v) is 6.88. The number of thiocarbonyl (C=S) groups is 1. The molecule has 2 rings (SSSR count). The summed E-state index contributed by atoms with van der Waals surface area (Å²) in [7, 11) is 0. The summed E-state index contributed by atoms with van der Waals surface area (Å²) < 4.78 is 5.44. The quantitative estimate of drug-likeness (QED) is 0.806. The molecule has 0 radical (unpaired) electrons. The van der Waals surface area contributed by atoms with Crippen LogP contribution in [0.5, 0.6) is 5.75 Å². The number of carbonyl (C=O) groups is 1. The maximum atomic E-state index is 11.7. The van der Waals surface area contributed by atoms with E-state index in [9.17, 15) is 4.79 Å². The predicted octanol–water partition coefficient (Wildman–Crippen LogP) is 1.76. The Morgan fingerprint density at radius 2 is 2.16 bits per heavy atom. The highest BCUT2D eigenvalue weighted by molar-refractivity contribution is 7.80. The van der Waals surface area contributed by atoms with Crippen LogP contribution in [0.3, 0.4) is 0 Å². The standard InChI is InChI=1S/C14H18N2O2S/c15-14(19)10-4-3-7-12(8-10)18-9-13(17)16-11-5-1-2-6-11/h3-4,7-8,11H,1-2,5-6,9H2,(H2,15,19)(H,16,17). The van der Waals surface area contributed by atoms with Gasteiger partial charge in [-0.15, -0.1) is 0 Å². The summed E-state index contributed by atoms with van der Waals surface area (Å²) in [5, 5.41) is 2.97. The van der Waals surface area contributed by atoms with E-state index in [-0.39, 0.29) is 12.5 Å². The van der Waals surface area contributed by atoms with Crippen LogP contribution in [0, 0.1) is 0 Å². The normalized spacial score (nSPS) is 15.2. The third-order valence-electron chi connectivity index (χ3n) is 3.21. The van der Waals surface area contributed by atoms with Crippen LogP contribution in [-0.4, -0.2) is 23.5 Å². The lowest BCUT2D eigenvalue weighted by Crippen LogP contribution is -2.36. The van der Waals surface area contributed by atoms with Crippen molar-refractivity contribution in [2.24, 2.45) is 5.73 Å². The summed E-state index contributed by atoms with van der Waals surface area (Å²) in [5.74, 6) is 0.527. The molecule has 1 fully saturated rings. The molecule has 5 heteroatoms. The Balaban J connectivity index is 1.82. The SMILES string of the molecule is NC(=S)c1cccc(OCC(=O)NC2CCCC2)c1. The maximum Gasteiger partial charge on any atom is 0.258 e. The van der Waals surface area contributed by atoms with Gasteiger partial charge in [-0.1, -0.05) is 37.2 Å². The molecule has 0 spiro atoms. The number of rotatable bonds is 5. The van der Waals surface area contributed by atoms with E-state index in [1.165, 1.54) is 12.8 Å². The number of hydrogen-bond donors (Lipinski definition) is 2. The fourth-order valence-electron chi connectivity index (χ4n) is 2.23. The van der Waals surface area contributed by atoms with Crippen LogP contribution < -0.4 is 15.8 Å². The molecule has 0 saturated heterocycles. The van der Waals surface area contributed by atoms with Crippen molar-refractivity contribution in [3.05, 3.63) is 29.8 Å². The summed E-state index contributed by atoms with van der Waals surface area (Å²) in [5.41, 5.74) is 6.28. The Bertz CT molecular complexity index is 470. The molecule has 0 heterocycles. The molecule has 1 aromatic carbocycles. The molecule has 0 unspecified atom stereocenters. The monoisotopic (exact) mass is 278 g/mol. The molecule has 1 saturated carbocycles. The molecule has 1 aliphatic carbocycles. The Morgan fingerprint density at radius 3 is 2.84 bits per heavy atom. The van der Waals surface area contributed by atoms with Crippen molar-refractivity contribution in [1.82, 2.24) is 5.32 Å². The van der Waals surface area contributed by atoms with Gasteiger partial charge in [-0.05, 0) is 25.0 Å². The lowest BCUT2D eigenvalue weighted by atomic mass is 10.2. The van der Waals surface area contributed by atoms with Gasteiger partial charge in [-0.3, -0.25) is 4.79 Å². The molecule has 1 aromatic rings. The van der Waals surface area contributed by atoms with Gasteiger partial charge in [0.15, 0.2) is 6.61 Å². The van der Waals surface area contributed by atoms with Gasteiger partial charge in [-0.25, -0.2) is 0 Å². The summed E-state index contributed by atoms with van der Waals surface area (Å²) in [6.45, 7) is 0.0251. The molecular weight excluding hydrogens is 260 g/mol. The number of nitrogens with one attached hydrogen (secondary N) is 1. The second kappa shape index (κ2) is 6.52. The first-order chi connectivity index (χ1) is 9.15. The van der Waals surface area contributed by atoms with Crippen molar-refractivity contribution in [1.29, 1.82) is 0 Å². The van der Waals surface area contributed by atoms with Gasteiger partial charge in [0.1, 0.15) is 10.7 Å². The smallest absolute Gasteiger partial charge is 0.258 e. The van der Waals surface area contributed by atoms with Gasteiger partial charge in [0.25, 0.3) is 5.91 Å². The highest BCUT2D eigenvalue weighted by Crippen LogP contribution is 2.17. The molecule has 19 heavy (non-hydrogen) atoms. The van der Waals surface area contributed by atoms with E-state index in [0.29, 0.717) is 16.8 Å². The molecule has 3 N–H and O–H groups in total. The third kappa shape index (κ3) is 4.21. The first kappa shape index (κ1) is 13.8. The molecule has 0 aliphatic heterocycles. The number of nitrogens with two attached hydrogens (primary N) is 1. The van der Waals surface area contributed by atoms with Crippen molar-refractivity contribution < 1.29 is 9.53 Å². The van der Waals surface area contributed by atoms with Crippen molar-refractivity contribution in [2.75, 3.05) is 6.61 Å². The van der Waals surface area contributed by atoms with E-state index in [2.05, 4.69) is 5.32 Å². The predicted molar refractivity (Wildman–Crippen MR) is 78.2 cm³/mol. The molecule has 4 nitrogen and oxygen atoms in total. The van der Waals surface area contributed by atoms with E-state index in [1.54, 1.807) is 18.2 Å². The lowest BCUT2D eigenvalue weighted by molar-refractivity contribution is -0.123. The minimum atomic E-state index is -0.0763. The molecule has 1 amide bonds. The largest absolute Gasteiger partial charge is 0.484 e. The highest BCUT2D eigenvalue weighted by Gasteiger charge is 2.17. The Morgan fingerprint density at radius 1 is 1.42 bits per heavy atom. The Kier molecular flexibility index (Phi) is 4.74. The van der Waals surface area contributed by atoms with E-state index in [0.717, 1.165) is 18.4 Å². The molecule has 0 atom stereocenters. The number of ether oxygens (including phenoxy) is 1. The van der Waals surface area contributed by atoms with Gasteiger partial charge < -0.3 is 15.8 Å². The van der Waals surface area contributed by atoms with Crippen LogP contribution in [0.2, 0.25) is 0 Å². The molecule has 102 valence electrons. The average Bonchev–Trinajstić information content (AvgIpc) is 2.89. The van der Waals surface area contributed by atoms with Crippen LogP contribution in [-0.2, 0) is 4.79 Å². The van der Waals surface area contributed by atoms with Crippen LogP contribution >= 0.6 is 12.2 Å². The summed E-state index contributed by atoms with van der Waals surface area (Å²) >= 11 is 4.90. The topological polar surface area (TPSA) is 64.3 Å². The zero-order valence-corrected chi connectivity index (χ0v) is 11.5.